The summed E-state index contributed by atoms with van der Waals surface area (Å²) >= 11 is 0. The number of benzene rings is 2. The van der Waals surface area contributed by atoms with E-state index >= 15 is 0 Å². The second-order valence-electron chi connectivity index (χ2n) is 13.7. The molecule has 0 amide bonds. The first-order valence-corrected chi connectivity index (χ1v) is 17.4. The van der Waals surface area contributed by atoms with Crippen molar-refractivity contribution in [2.24, 2.45) is 11.8 Å². The van der Waals surface area contributed by atoms with Crippen LogP contribution in [0.5, 0.6) is 0 Å². The Hall–Kier alpha value is -1.74. The van der Waals surface area contributed by atoms with Crippen LogP contribution < -0.4 is 4.90 Å². The van der Waals surface area contributed by atoms with Crippen molar-refractivity contribution in [3.8, 4) is 0 Å². The Kier molecular flexibility index (Phi) is 26.1. The minimum Gasteiger partial charge on any atom is -0.369 e. The van der Waals surface area contributed by atoms with Crippen molar-refractivity contribution in [3.05, 3.63) is 64.2 Å². The molecule has 0 atom stereocenters. The minimum absolute atomic E-state index is 0. The van der Waals surface area contributed by atoms with Crippen molar-refractivity contribution in [2.45, 2.75) is 168 Å². The maximum atomic E-state index is 2.52. The molecular formula is C40H74BN2. The third kappa shape index (κ3) is 18.0. The monoisotopic (exact) mass is 594 g/mol. The number of anilines is 1. The van der Waals surface area contributed by atoms with Crippen LogP contribution >= 0.6 is 0 Å². The number of nitrogens with zero attached hydrogens (tertiary/aromatic N) is 2. The van der Waals surface area contributed by atoms with Crippen molar-refractivity contribution in [3.63, 3.8) is 0 Å². The lowest BCUT2D eigenvalue weighted by Gasteiger charge is -2.24. The van der Waals surface area contributed by atoms with Gasteiger partial charge in [0.15, 0.2) is 0 Å². The summed E-state index contributed by atoms with van der Waals surface area (Å²) in [6.07, 6.45) is 1.21. The summed E-state index contributed by atoms with van der Waals surface area (Å²) < 4.78 is 0. The summed E-state index contributed by atoms with van der Waals surface area (Å²) in [5, 5.41) is 0. The molecule has 2 heterocycles. The molecule has 0 saturated heterocycles. The van der Waals surface area contributed by atoms with Crippen LogP contribution in [0.4, 0.5) is 5.69 Å². The van der Waals surface area contributed by atoms with E-state index in [1.54, 1.807) is 0 Å². The normalized spacial score (nSPS) is 13.0. The molecule has 3 heteroatoms. The first-order valence-electron chi connectivity index (χ1n) is 17.4. The summed E-state index contributed by atoms with van der Waals surface area (Å²) in [5.41, 5.74) is 8.98. The van der Waals surface area contributed by atoms with Gasteiger partial charge in [-0.2, -0.15) is 0 Å². The summed E-state index contributed by atoms with van der Waals surface area (Å²) in [6, 6.07) is 15.2. The molecule has 2 aliphatic heterocycles. The van der Waals surface area contributed by atoms with E-state index in [4.69, 9.17) is 0 Å². The molecule has 0 bridgehead atoms. The lowest BCUT2D eigenvalue weighted by atomic mass is 9.99. The standard InChI is InChI=1S/2C14H21N.2C4H10.2C2H6.B/c1-10(2)12-5-6-13-8-15(11(3)4)9-14(13)7-12;1-10(2)13-6-5-12-7-8-15(11(3)4)14(12)9-13;2*1-4(2)3;2*1-2;/h5-7,10-11H,8-9H2,1-4H3;5-6,9-11H,7-8H2,1-4H3;2*4H,1-3H3;2*1-2H3;. The predicted molar refractivity (Wildman–Crippen MR) is 201 cm³/mol. The van der Waals surface area contributed by atoms with Crippen LogP contribution in [0.1, 0.15) is 164 Å². The van der Waals surface area contributed by atoms with Crippen molar-refractivity contribution in [1.82, 2.24) is 4.90 Å². The second-order valence-corrected chi connectivity index (χ2v) is 13.7. The Morgan fingerprint density at radius 2 is 0.907 bits per heavy atom. The average molecular weight is 594 g/mol. The average Bonchev–Trinajstić information content (AvgIpc) is 3.54. The highest BCUT2D eigenvalue weighted by Crippen LogP contribution is 2.32. The summed E-state index contributed by atoms with van der Waals surface area (Å²) in [6.45, 7) is 42.6. The Labute approximate surface area is 274 Å². The molecule has 0 fully saturated rings. The molecular weight excluding hydrogens is 519 g/mol. The fourth-order valence-electron chi connectivity index (χ4n) is 4.48. The van der Waals surface area contributed by atoms with Gasteiger partial charge in [-0.05, 0) is 91.7 Å². The predicted octanol–water partition coefficient (Wildman–Crippen LogP) is 12.1. The molecule has 43 heavy (non-hydrogen) atoms. The molecule has 2 aliphatic rings. The fraction of sp³-hybridized carbons (Fsp3) is 0.700. The summed E-state index contributed by atoms with van der Waals surface area (Å²) in [4.78, 5) is 5.04. The molecule has 2 aromatic carbocycles. The van der Waals surface area contributed by atoms with Crippen molar-refractivity contribution in [2.75, 3.05) is 11.4 Å². The number of hydrogen-bond donors (Lipinski definition) is 0. The van der Waals surface area contributed by atoms with Gasteiger partial charge in [-0.1, -0.05) is 127 Å². The highest BCUT2D eigenvalue weighted by Gasteiger charge is 2.22. The van der Waals surface area contributed by atoms with E-state index in [1.165, 1.54) is 46.5 Å². The first-order chi connectivity index (χ1) is 19.6. The molecule has 4 rings (SSSR count). The summed E-state index contributed by atoms with van der Waals surface area (Å²) in [5.74, 6) is 2.94. The molecule has 2 nitrogen and oxygen atoms in total. The van der Waals surface area contributed by atoms with Gasteiger partial charge in [0.05, 0.1) is 0 Å². The van der Waals surface area contributed by atoms with E-state index in [9.17, 15) is 0 Å². The SMILES string of the molecule is CC.CC.CC(C)C.CC(C)C.CC(C)c1ccc2c(c1)CN(C(C)C)C2.CC(C)c1ccc2c(c1)N(C(C)C)CC2.[B]. The maximum absolute atomic E-state index is 2.52. The molecule has 0 unspecified atom stereocenters. The van der Waals surface area contributed by atoms with Crippen LogP contribution in [0.15, 0.2) is 36.4 Å². The Balaban J connectivity index is -0.000000538. The molecule has 0 N–H and O–H groups in total. The van der Waals surface area contributed by atoms with Crippen LogP contribution in [0.2, 0.25) is 0 Å². The van der Waals surface area contributed by atoms with Gasteiger partial charge >= 0.3 is 0 Å². The fourth-order valence-corrected chi connectivity index (χ4v) is 4.48. The van der Waals surface area contributed by atoms with E-state index in [-0.39, 0.29) is 8.41 Å². The van der Waals surface area contributed by atoms with Crippen LogP contribution in [0.25, 0.3) is 0 Å². The molecule has 0 spiro atoms. The van der Waals surface area contributed by atoms with E-state index in [0.717, 1.165) is 24.9 Å². The minimum atomic E-state index is 0. The van der Waals surface area contributed by atoms with Crippen molar-refractivity contribution in [1.29, 1.82) is 0 Å². The zero-order chi connectivity index (χ0) is 33.2. The molecule has 0 aromatic heterocycles. The van der Waals surface area contributed by atoms with Gasteiger partial charge in [0, 0.05) is 45.8 Å². The van der Waals surface area contributed by atoms with Gasteiger partial charge < -0.3 is 4.90 Å². The van der Waals surface area contributed by atoms with Crippen LogP contribution in [-0.2, 0) is 19.5 Å². The number of hydrogen-bond acceptors (Lipinski definition) is 2. The smallest absolute Gasteiger partial charge is 0.0404 e. The highest BCUT2D eigenvalue weighted by molar-refractivity contribution is 5.75. The van der Waals surface area contributed by atoms with Gasteiger partial charge in [-0.25, -0.2) is 0 Å². The van der Waals surface area contributed by atoms with Gasteiger partial charge in [-0.3, -0.25) is 4.90 Å². The van der Waals surface area contributed by atoms with Crippen LogP contribution in [0.3, 0.4) is 0 Å². The molecule has 3 radical (unpaired) electrons. The number of fused-ring (bicyclic) bond motifs is 2. The van der Waals surface area contributed by atoms with Crippen LogP contribution in [0, 0.1) is 11.8 Å². The van der Waals surface area contributed by atoms with Crippen molar-refractivity contribution >= 4 is 14.1 Å². The van der Waals surface area contributed by atoms with E-state index in [0.29, 0.717) is 23.9 Å². The van der Waals surface area contributed by atoms with Gasteiger partial charge in [-0.15, -0.1) is 0 Å². The second kappa shape index (κ2) is 24.6. The Morgan fingerprint density at radius 1 is 0.512 bits per heavy atom. The molecule has 247 valence electrons. The van der Waals surface area contributed by atoms with E-state index in [2.05, 4.69) is 143 Å². The third-order valence-electron chi connectivity index (χ3n) is 6.70. The van der Waals surface area contributed by atoms with E-state index in [1.807, 2.05) is 27.7 Å². The Bertz CT molecular complexity index is 932. The highest BCUT2D eigenvalue weighted by atomic mass is 15.2. The van der Waals surface area contributed by atoms with Gasteiger partial charge in [0.1, 0.15) is 0 Å². The zero-order valence-corrected chi connectivity index (χ0v) is 32.2. The summed E-state index contributed by atoms with van der Waals surface area (Å²) in [7, 11) is 0. The zero-order valence-electron chi connectivity index (χ0n) is 32.2. The lowest BCUT2D eigenvalue weighted by Crippen LogP contribution is -2.28. The van der Waals surface area contributed by atoms with Crippen molar-refractivity contribution < 1.29 is 0 Å². The number of rotatable bonds is 4. The van der Waals surface area contributed by atoms with Gasteiger partial charge in [0.25, 0.3) is 0 Å². The molecule has 0 saturated carbocycles. The Morgan fingerprint density at radius 3 is 1.30 bits per heavy atom. The molecule has 0 aliphatic carbocycles. The maximum Gasteiger partial charge on any atom is 0.0404 e. The third-order valence-corrected chi connectivity index (χ3v) is 6.70. The largest absolute Gasteiger partial charge is 0.369 e. The van der Waals surface area contributed by atoms with E-state index < -0.39 is 0 Å². The van der Waals surface area contributed by atoms with Gasteiger partial charge in [0.2, 0.25) is 0 Å². The molecule has 2 aromatic rings. The topological polar surface area (TPSA) is 6.48 Å². The quantitative estimate of drug-likeness (QED) is 0.325. The first kappa shape index (κ1) is 45.7. The lowest BCUT2D eigenvalue weighted by molar-refractivity contribution is 0.227. The van der Waals surface area contributed by atoms with Crippen LogP contribution in [-0.4, -0.2) is 31.9 Å².